The average Bonchev–Trinajstić information content (AvgIpc) is 3.33. The number of rotatable bonds is 54. The topological polar surface area (TPSA) is 140 Å². The minimum absolute atomic E-state index is 0. The van der Waals surface area contributed by atoms with Gasteiger partial charge >= 0.3 is 11.9 Å². The third-order valence-corrected chi connectivity index (χ3v) is 14.9. The molecule has 1 aliphatic rings. The molecule has 432 valence electrons. The molecule has 3 unspecified atom stereocenters. The first-order valence-corrected chi connectivity index (χ1v) is 30.7. The number of cyclic esters (lactones) is 2. The van der Waals surface area contributed by atoms with E-state index in [1.165, 1.54) is 154 Å². The Kier molecular flexibility index (Phi) is 54.7. The summed E-state index contributed by atoms with van der Waals surface area (Å²) >= 11 is 0. The van der Waals surface area contributed by atoms with Crippen molar-refractivity contribution in [3.05, 3.63) is 0 Å². The molecule has 1 saturated heterocycles. The molecule has 0 radical (unpaired) electrons. The molecule has 0 aliphatic carbocycles. The van der Waals surface area contributed by atoms with Crippen molar-refractivity contribution in [2.24, 2.45) is 0 Å². The van der Waals surface area contributed by atoms with Crippen LogP contribution in [0, 0.1) is 0 Å². The lowest BCUT2D eigenvalue weighted by atomic mass is 10.0. The second-order valence-corrected chi connectivity index (χ2v) is 22.0. The fourth-order valence-corrected chi connectivity index (χ4v) is 10.3. The molecule has 1 fully saturated rings. The summed E-state index contributed by atoms with van der Waals surface area (Å²) in [6.45, 7) is 12.5. The Morgan fingerprint density at radius 3 is 0.764 bits per heavy atom. The van der Waals surface area contributed by atoms with E-state index in [-0.39, 0.29) is 24.8 Å². The first-order valence-electron chi connectivity index (χ1n) is 30.7. The maximum Gasteiger partial charge on any atom is 0.348 e. The molecule has 12 heteroatoms. The number of ether oxygens (including phenoxy) is 2. The van der Waals surface area contributed by atoms with Crippen molar-refractivity contribution in [3.63, 3.8) is 0 Å². The largest absolute Gasteiger partial charge is 0.448 e. The van der Waals surface area contributed by atoms with Crippen LogP contribution in [0.15, 0.2) is 0 Å². The minimum Gasteiger partial charge on any atom is -0.448 e. The highest BCUT2D eigenvalue weighted by atomic mass is 35.5. The van der Waals surface area contributed by atoms with Gasteiger partial charge in [0.15, 0.2) is 12.2 Å². The quantitative estimate of drug-likeness (QED) is 0.0344. The van der Waals surface area contributed by atoms with Crippen LogP contribution < -0.4 is 0 Å². The Morgan fingerprint density at radius 1 is 0.333 bits per heavy atom. The molecule has 4 N–H and O–H groups in total. The van der Waals surface area contributed by atoms with E-state index in [1.54, 1.807) is 0 Å². The van der Waals surface area contributed by atoms with Gasteiger partial charge in [0.05, 0.1) is 24.4 Å². The van der Waals surface area contributed by atoms with Crippen molar-refractivity contribution in [1.82, 2.24) is 9.80 Å². The maximum absolute atomic E-state index is 13.1. The molecule has 0 aromatic carbocycles. The molecule has 72 heavy (non-hydrogen) atoms. The lowest BCUT2D eigenvalue weighted by Crippen LogP contribution is -2.44. The number of esters is 2. The van der Waals surface area contributed by atoms with Crippen LogP contribution in [0.1, 0.15) is 297 Å². The van der Waals surface area contributed by atoms with Crippen molar-refractivity contribution < 1.29 is 39.5 Å². The average molecular weight is 1070 g/mol. The number of halogens is 2. The van der Waals surface area contributed by atoms with E-state index in [2.05, 4.69) is 37.5 Å². The number of carbonyl (C=O) groups excluding carboxylic acids is 2. The highest BCUT2D eigenvalue weighted by Crippen LogP contribution is 2.22. The minimum atomic E-state index is -0.905. The highest BCUT2D eigenvalue weighted by molar-refractivity contribution is 5.87. The highest BCUT2D eigenvalue weighted by Gasteiger charge is 2.37. The fourth-order valence-electron chi connectivity index (χ4n) is 10.3. The van der Waals surface area contributed by atoms with Gasteiger partial charge in [0.1, 0.15) is 0 Å². The molecule has 1 aliphatic heterocycles. The predicted octanol–water partition coefficient (Wildman–Crippen LogP) is 15.2. The van der Waals surface area contributed by atoms with Gasteiger partial charge in [0.25, 0.3) is 0 Å². The predicted molar refractivity (Wildman–Crippen MR) is 308 cm³/mol. The number of unbranched alkanes of at least 4 members (excludes halogenated alkanes) is 30. The van der Waals surface area contributed by atoms with Gasteiger partial charge in [-0.2, -0.15) is 0 Å². The van der Waals surface area contributed by atoms with E-state index in [4.69, 9.17) is 9.47 Å². The van der Waals surface area contributed by atoms with E-state index in [1.807, 2.05) is 0 Å². The molecule has 6 atom stereocenters. The summed E-state index contributed by atoms with van der Waals surface area (Å²) in [4.78, 5) is 30.6. The number of hydrogen-bond donors (Lipinski definition) is 4. The van der Waals surface area contributed by atoms with Crippen molar-refractivity contribution in [2.45, 2.75) is 334 Å². The molecule has 0 aromatic rings. The van der Waals surface area contributed by atoms with Crippen molar-refractivity contribution >= 4 is 36.8 Å². The van der Waals surface area contributed by atoms with Crippen molar-refractivity contribution in [1.29, 1.82) is 0 Å². The Balaban J connectivity index is 0. The Bertz CT molecular complexity index is 1020. The molecule has 0 spiro atoms. The molecule has 0 bridgehead atoms. The van der Waals surface area contributed by atoms with Gasteiger partial charge < -0.3 is 29.9 Å². The van der Waals surface area contributed by atoms with Crippen LogP contribution in [0.5, 0.6) is 0 Å². The van der Waals surface area contributed by atoms with Crippen LogP contribution in [0.2, 0.25) is 0 Å². The molecular weight excluding hydrogens is 948 g/mol. The number of carbonyl (C=O) groups is 2. The van der Waals surface area contributed by atoms with Crippen LogP contribution in [0.4, 0.5) is 0 Å². The molecule has 0 saturated carbocycles. The van der Waals surface area contributed by atoms with Crippen LogP contribution >= 0.6 is 24.8 Å². The van der Waals surface area contributed by atoms with Gasteiger partial charge in [-0.15, -0.1) is 24.8 Å². The lowest BCUT2D eigenvalue weighted by Gasteiger charge is -2.29. The van der Waals surface area contributed by atoms with E-state index >= 15 is 0 Å². The first kappa shape index (κ1) is 73.4. The van der Waals surface area contributed by atoms with Gasteiger partial charge in [-0.25, -0.2) is 9.59 Å². The van der Waals surface area contributed by atoms with E-state index in [9.17, 15) is 30.0 Å². The SMILES string of the molecule is CCCCCCCCCCC(O)CN(CCCCC1OC(=O)C(CCCCN(C[C@H](O)CCCCCCCCCC)C[C@H](O)CCCCCCCCCC)OC1=O)C[C@H](O)CCCCCCCCCC.Cl.Cl. The summed E-state index contributed by atoms with van der Waals surface area (Å²) < 4.78 is 11.4. The van der Waals surface area contributed by atoms with Crippen molar-refractivity contribution in [2.75, 3.05) is 39.3 Å². The van der Waals surface area contributed by atoms with E-state index in [0.717, 1.165) is 89.9 Å². The van der Waals surface area contributed by atoms with Crippen LogP contribution in [-0.4, -0.2) is 118 Å². The standard InChI is InChI=1S/C60H118N2O8.2ClH/c1-5-9-13-17-21-25-29-33-41-53(63)49-61(50-54(64)42-34-30-26-22-18-14-10-6-2)47-39-37-45-57-59(67)70-58(60(68)69-57)46-38-40-48-62(51-55(65)43-35-31-27-23-19-15-11-7-3)52-56(66)44-36-32-28-24-20-16-12-8-4;;/h53-58,63-66H,5-52H2,1-4H3;2*1H/t53-,54-,55-,56?,57?,58?;;/m1../s1. The van der Waals surface area contributed by atoms with Crippen molar-refractivity contribution in [3.8, 4) is 0 Å². The fraction of sp³-hybridized carbons (Fsp3) is 0.967. The molecule has 0 aromatic heterocycles. The Morgan fingerprint density at radius 2 is 0.542 bits per heavy atom. The number of aliphatic hydroxyl groups excluding tert-OH is 4. The van der Waals surface area contributed by atoms with Gasteiger partial charge in [-0.05, 0) is 77.3 Å². The Labute approximate surface area is 457 Å². The zero-order valence-electron chi connectivity index (χ0n) is 47.5. The first-order chi connectivity index (χ1) is 34.1. The Hall–Kier alpha value is -0.720. The summed E-state index contributed by atoms with van der Waals surface area (Å²) in [5.41, 5.74) is 0. The summed E-state index contributed by atoms with van der Waals surface area (Å²) in [7, 11) is 0. The van der Waals surface area contributed by atoms with E-state index in [0.29, 0.717) is 65.0 Å². The second-order valence-electron chi connectivity index (χ2n) is 22.0. The third kappa shape index (κ3) is 44.4. The zero-order valence-corrected chi connectivity index (χ0v) is 49.2. The summed E-state index contributed by atoms with van der Waals surface area (Å²) in [5.74, 6) is -0.948. The monoisotopic (exact) mass is 1070 g/mol. The van der Waals surface area contributed by atoms with Gasteiger partial charge in [0, 0.05) is 26.2 Å². The summed E-state index contributed by atoms with van der Waals surface area (Å²) in [6, 6.07) is 0. The summed E-state index contributed by atoms with van der Waals surface area (Å²) in [5, 5.41) is 44.1. The second kappa shape index (κ2) is 53.7. The smallest absolute Gasteiger partial charge is 0.348 e. The van der Waals surface area contributed by atoms with Crippen LogP contribution in [-0.2, 0) is 19.1 Å². The normalized spacial score (nSPS) is 16.6. The number of aliphatic hydroxyl groups is 4. The van der Waals surface area contributed by atoms with Gasteiger partial charge in [0.2, 0.25) is 0 Å². The van der Waals surface area contributed by atoms with Crippen LogP contribution in [0.25, 0.3) is 0 Å². The van der Waals surface area contributed by atoms with Gasteiger partial charge in [-0.1, -0.05) is 233 Å². The number of nitrogens with zero attached hydrogens (tertiary/aromatic N) is 2. The molecule has 10 nitrogen and oxygen atoms in total. The molecule has 1 heterocycles. The van der Waals surface area contributed by atoms with Gasteiger partial charge in [-0.3, -0.25) is 9.80 Å². The zero-order chi connectivity index (χ0) is 51.1. The molecule has 1 rings (SSSR count). The number of hydrogen-bond acceptors (Lipinski definition) is 10. The maximum atomic E-state index is 13.1. The van der Waals surface area contributed by atoms with Crippen LogP contribution in [0.3, 0.4) is 0 Å². The molecular formula is C60H120Cl2N2O8. The third-order valence-electron chi connectivity index (χ3n) is 14.9. The lowest BCUT2D eigenvalue weighted by molar-refractivity contribution is -0.196. The molecule has 0 amide bonds. The summed E-state index contributed by atoms with van der Waals surface area (Å²) in [6.07, 6.45) is 42.6. The van der Waals surface area contributed by atoms with E-state index < -0.39 is 48.6 Å².